The molecular formula is C55H46N4. The fourth-order valence-electron chi connectivity index (χ4n) is 9.61. The van der Waals surface area contributed by atoms with Gasteiger partial charge >= 0.3 is 0 Å². The average Bonchev–Trinajstić information content (AvgIpc) is 4.02. The van der Waals surface area contributed by atoms with Gasteiger partial charge in [-0.3, -0.25) is 0 Å². The first kappa shape index (κ1) is 37.6. The molecule has 4 aromatic carbocycles. The molecule has 0 aromatic heterocycles. The van der Waals surface area contributed by atoms with Gasteiger partial charge in [0.15, 0.2) is 0 Å². The van der Waals surface area contributed by atoms with Crippen molar-refractivity contribution in [2.75, 3.05) is 0 Å². The van der Waals surface area contributed by atoms with Crippen LogP contribution in [0.1, 0.15) is 77.9 Å². The predicted molar refractivity (Wildman–Crippen MR) is 250 cm³/mol. The standard InChI is InChI=1S/C55H46N4/c1-11-39-12-14-40(15-13-39)52-41-16-18-43(56-41)53(49-33(5)24-30(2)25-34(49)6)45-20-22-47(58-45)55(51-37(9)28-32(4)29-38(51)10)48-23-21-46(59-48)54(44-19-17-42(52)57-44)50-35(7)26-31(3)27-36(50)8/h1,12-29H,2-10H3. The minimum atomic E-state index is 0.820. The summed E-state index contributed by atoms with van der Waals surface area (Å²) in [5.41, 5.74) is 26.8. The quantitative estimate of drug-likeness (QED) is 0.186. The number of terminal acetylenes is 1. The van der Waals surface area contributed by atoms with Crippen molar-refractivity contribution in [3.05, 3.63) is 210 Å². The molecule has 9 rings (SSSR count). The first-order valence-electron chi connectivity index (χ1n) is 20.3. The highest BCUT2D eigenvalue weighted by atomic mass is 14.9. The molecule has 4 aromatic rings. The van der Waals surface area contributed by atoms with Gasteiger partial charge < -0.3 is 0 Å². The first-order valence-corrected chi connectivity index (χ1v) is 20.3. The Balaban J connectivity index is 1.42. The molecule has 4 nitrogen and oxygen atoms in total. The Morgan fingerprint density at radius 2 is 0.627 bits per heavy atom. The van der Waals surface area contributed by atoms with E-state index < -0.39 is 0 Å². The lowest BCUT2D eigenvalue weighted by molar-refractivity contribution is 1.28. The topological polar surface area (TPSA) is 49.4 Å². The maximum atomic E-state index is 5.82. The van der Waals surface area contributed by atoms with Crippen LogP contribution in [0.4, 0.5) is 0 Å². The van der Waals surface area contributed by atoms with Crippen LogP contribution in [-0.4, -0.2) is 22.8 Å². The zero-order valence-corrected chi connectivity index (χ0v) is 35.3. The fraction of sp³-hybridized carbons (Fsp3) is 0.164. The van der Waals surface area contributed by atoms with Crippen molar-refractivity contribution in [2.45, 2.75) is 62.3 Å². The number of fused-ring (bicyclic) bond motifs is 4. The lowest BCUT2D eigenvalue weighted by Gasteiger charge is -2.18. The Labute approximate surface area is 348 Å². The molecule has 0 aliphatic carbocycles. The molecular weight excluding hydrogens is 717 g/mol. The van der Waals surface area contributed by atoms with E-state index in [1.807, 2.05) is 12.1 Å². The van der Waals surface area contributed by atoms with E-state index in [4.69, 9.17) is 26.4 Å². The number of nitrogens with zero attached hydrogens (tertiary/aromatic N) is 4. The maximum Gasteiger partial charge on any atom is 0.0738 e. The van der Waals surface area contributed by atoms with Gasteiger partial charge in [0.05, 0.1) is 45.6 Å². The molecule has 0 unspecified atom stereocenters. The summed E-state index contributed by atoms with van der Waals surface area (Å²) in [5, 5.41) is 0. The minimum Gasteiger partial charge on any atom is -0.248 e. The SMILES string of the molecule is C#Cc1ccc(C2=C3C=CC(=N3)C(c3c(C)cc(C)cc3C)=C3C=CC(=N3)C(c3c(C)cc(C)cc3C)=C3C=CC(=N3)C(c3c(C)cc(C)cc3C)=C3C=CC2=N3)cc1. The number of hydrogen-bond donors (Lipinski definition) is 0. The number of allylic oxidation sites excluding steroid dienone is 12. The van der Waals surface area contributed by atoms with Crippen molar-refractivity contribution in [2.24, 2.45) is 20.0 Å². The predicted octanol–water partition coefficient (Wildman–Crippen LogP) is 12.4. The lowest BCUT2D eigenvalue weighted by atomic mass is 9.89. The number of hydrogen-bond acceptors (Lipinski definition) is 4. The van der Waals surface area contributed by atoms with Crippen LogP contribution in [0.3, 0.4) is 0 Å². The highest BCUT2D eigenvalue weighted by Gasteiger charge is 2.30. The fourth-order valence-corrected chi connectivity index (χ4v) is 9.61. The van der Waals surface area contributed by atoms with Gasteiger partial charge in [0.25, 0.3) is 0 Å². The number of aryl methyl sites for hydroxylation is 9. The Kier molecular flexibility index (Phi) is 9.21. The van der Waals surface area contributed by atoms with Gasteiger partial charge in [0.1, 0.15) is 0 Å². The Morgan fingerprint density at radius 3 is 0.915 bits per heavy atom. The summed E-state index contributed by atoms with van der Waals surface area (Å²) in [6.45, 7) is 19.6. The summed E-state index contributed by atoms with van der Waals surface area (Å²) in [7, 11) is 0. The molecule has 5 aliphatic rings. The smallest absolute Gasteiger partial charge is 0.0738 e. The molecule has 0 atom stereocenters. The second-order valence-corrected chi connectivity index (χ2v) is 16.4. The monoisotopic (exact) mass is 762 g/mol. The van der Waals surface area contributed by atoms with E-state index in [9.17, 15) is 0 Å². The van der Waals surface area contributed by atoms with Gasteiger partial charge in [-0.2, -0.15) is 0 Å². The van der Waals surface area contributed by atoms with Crippen molar-refractivity contribution in [3.8, 4) is 12.3 Å². The van der Waals surface area contributed by atoms with Gasteiger partial charge in [0.2, 0.25) is 0 Å². The van der Waals surface area contributed by atoms with E-state index in [0.717, 1.165) is 95.7 Å². The van der Waals surface area contributed by atoms with E-state index in [-0.39, 0.29) is 0 Å². The first-order chi connectivity index (χ1) is 28.4. The second kappa shape index (κ2) is 14.5. The van der Waals surface area contributed by atoms with Crippen LogP contribution < -0.4 is 0 Å². The molecule has 0 amide bonds. The summed E-state index contributed by atoms with van der Waals surface area (Å²) in [4.78, 5) is 22.1. The molecule has 4 heteroatoms. The Morgan fingerprint density at radius 1 is 0.356 bits per heavy atom. The summed E-state index contributed by atoms with van der Waals surface area (Å²) in [5.74, 6) is 2.78. The summed E-state index contributed by atoms with van der Waals surface area (Å²) in [6.07, 6.45) is 23.0. The van der Waals surface area contributed by atoms with Crippen molar-refractivity contribution >= 4 is 45.1 Å². The van der Waals surface area contributed by atoms with Gasteiger partial charge in [-0.15, -0.1) is 6.42 Å². The van der Waals surface area contributed by atoms with E-state index in [1.165, 1.54) is 50.1 Å². The van der Waals surface area contributed by atoms with Gasteiger partial charge in [0, 0.05) is 27.9 Å². The number of benzene rings is 4. The van der Waals surface area contributed by atoms with Crippen LogP contribution in [0.15, 0.2) is 152 Å². The van der Waals surface area contributed by atoms with Gasteiger partial charge in [-0.25, -0.2) is 20.0 Å². The van der Waals surface area contributed by atoms with Crippen LogP contribution in [0.25, 0.3) is 22.3 Å². The molecule has 286 valence electrons. The molecule has 5 heterocycles. The molecule has 0 saturated carbocycles. The Bertz CT molecular complexity index is 2910. The number of aliphatic imine (C=N–C) groups is 4. The van der Waals surface area contributed by atoms with Crippen molar-refractivity contribution < 1.29 is 0 Å². The lowest BCUT2D eigenvalue weighted by Crippen LogP contribution is -2.07. The molecule has 5 aliphatic heterocycles. The van der Waals surface area contributed by atoms with Crippen LogP contribution in [0, 0.1) is 74.7 Å². The average molecular weight is 763 g/mol. The maximum absolute atomic E-state index is 5.82. The van der Waals surface area contributed by atoms with Crippen LogP contribution in [-0.2, 0) is 0 Å². The summed E-state index contributed by atoms with van der Waals surface area (Å²) >= 11 is 0. The number of rotatable bonds is 4. The molecule has 0 N–H and O–H groups in total. The molecule has 59 heavy (non-hydrogen) atoms. The molecule has 8 bridgehead atoms. The van der Waals surface area contributed by atoms with Crippen LogP contribution in [0.2, 0.25) is 0 Å². The van der Waals surface area contributed by atoms with Gasteiger partial charge in [-0.1, -0.05) is 71.1 Å². The van der Waals surface area contributed by atoms with E-state index in [1.54, 1.807) is 0 Å². The van der Waals surface area contributed by atoms with Crippen molar-refractivity contribution in [1.29, 1.82) is 0 Å². The van der Waals surface area contributed by atoms with Gasteiger partial charge in [-0.05, 0) is 179 Å². The summed E-state index contributed by atoms with van der Waals surface area (Å²) < 4.78 is 0. The van der Waals surface area contributed by atoms with Crippen molar-refractivity contribution in [3.63, 3.8) is 0 Å². The van der Waals surface area contributed by atoms with E-state index in [2.05, 4.69) is 165 Å². The van der Waals surface area contributed by atoms with Crippen LogP contribution in [0.5, 0.6) is 0 Å². The highest BCUT2D eigenvalue weighted by Crippen LogP contribution is 2.41. The molecule has 0 spiro atoms. The van der Waals surface area contributed by atoms with E-state index >= 15 is 0 Å². The highest BCUT2D eigenvalue weighted by molar-refractivity contribution is 6.40. The van der Waals surface area contributed by atoms with Crippen molar-refractivity contribution in [1.82, 2.24) is 0 Å². The third-order valence-corrected chi connectivity index (χ3v) is 11.7. The normalized spacial score (nSPS) is 16.7. The minimum absolute atomic E-state index is 0.820. The third-order valence-electron chi connectivity index (χ3n) is 11.7. The second-order valence-electron chi connectivity index (χ2n) is 16.4. The molecule has 0 saturated heterocycles. The zero-order valence-electron chi connectivity index (χ0n) is 35.3. The van der Waals surface area contributed by atoms with Crippen LogP contribution >= 0.6 is 0 Å². The third kappa shape index (κ3) is 6.54. The molecule has 0 fully saturated rings. The summed E-state index contributed by atoms with van der Waals surface area (Å²) in [6, 6.07) is 21.6. The molecule has 0 radical (unpaired) electrons. The Hall–Kier alpha value is -6.96. The van der Waals surface area contributed by atoms with E-state index in [0.29, 0.717) is 0 Å². The zero-order chi connectivity index (χ0) is 41.3. The largest absolute Gasteiger partial charge is 0.248 e.